The van der Waals surface area contributed by atoms with Gasteiger partial charge in [0, 0.05) is 37.0 Å². The van der Waals surface area contributed by atoms with Gasteiger partial charge >= 0.3 is 5.97 Å². The third-order valence-electron chi connectivity index (χ3n) is 9.05. The van der Waals surface area contributed by atoms with Crippen LogP contribution < -0.4 is 4.74 Å². The van der Waals surface area contributed by atoms with Gasteiger partial charge in [0.15, 0.2) is 23.7 Å². The molecule has 0 N–H and O–H groups in total. The molecule has 5 aromatic rings. The zero-order valence-corrected chi connectivity index (χ0v) is 31.4. The number of esters is 1. The fourth-order valence-corrected chi connectivity index (χ4v) is 6.46. The second-order valence-electron chi connectivity index (χ2n) is 13.1. The summed E-state index contributed by atoms with van der Waals surface area (Å²) in [4.78, 5) is 35.6. The highest BCUT2D eigenvalue weighted by Crippen LogP contribution is 2.45. The van der Waals surface area contributed by atoms with Crippen molar-refractivity contribution in [2.24, 2.45) is 10.1 Å². The number of azide groups is 1. The van der Waals surface area contributed by atoms with E-state index in [4.69, 9.17) is 48.7 Å². The first-order valence-electron chi connectivity index (χ1n) is 18.6. The first-order chi connectivity index (χ1) is 28.1. The maximum absolute atomic E-state index is 11.8. The molecule has 2 aliphatic heterocycles. The fourth-order valence-electron chi connectivity index (χ4n) is 6.46. The molecule has 17 heteroatoms. The van der Waals surface area contributed by atoms with Gasteiger partial charge in [-0.3, -0.25) is 9.36 Å². The molecule has 0 saturated carbocycles. The molecule has 7 rings (SSSR count). The topological polar surface area (TPSA) is 190 Å². The quantitative estimate of drug-likeness (QED) is 0.0175. The van der Waals surface area contributed by atoms with E-state index < -0.39 is 36.8 Å². The van der Waals surface area contributed by atoms with E-state index in [9.17, 15) is 4.79 Å². The molecule has 2 aromatic heterocycles. The van der Waals surface area contributed by atoms with Crippen LogP contribution in [0.3, 0.4) is 0 Å². The summed E-state index contributed by atoms with van der Waals surface area (Å²) >= 11 is 0. The molecular formula is C40H43N9O8. The number of hydrogen-bond donors (Lipinski definition) is 0. The lowest BCUT2D eigenvalue weighted by Gasteiger charge is -2.21. The van der Waals surface area contributed by atoms with E-state index in [1.807, 2.05) is 66.7 Å². The van der Waals surface area contributed by atoms with Gasteiger partial charge in [-0.05, 0) is 16.7 Å². The van der Waals surface area contributed by atoms with E-state index in [1.54, 1.807) is 17.2 Å². The standard InChI is InChI=1S/C40H43N9O8/c1-28(50)54-25-32-34-35(57-39(56-34)31-15-9-4-10-16-31)38(55-32)49-27-42-33-36(49)45-40(46-37(33)53-22-21-52-20-19-51-18-17-44-47-41)43-26-48(23-29-11-5-2-6-12-29)24-30-13-7-3-8-14-30/h2-16,26-27,32,34-35,38-39H,17-25H2,1H3/b43-26+/t32-,34-,35-,38-,39?/m1/s1. The predicted octanol–water partition coefficient (Wildman–Crippen LogP) is 5.85. The van der Waals surface area contributed by atoms with Crippen LogP contribution in [0.25, 0.3) is 21.6 Å². The highest BCUT2D eigenvalue weighted by molar-refractivity contribution is 5.78. The van der Waals surface area contributed by atoms with Crippen molar-refractivity contribution < 1.29 is 38.0 Å². The van der Waals surface area contributed by atoms with Gasteiger partial charge in [-0.1, -0.05) is 96.1 Å². The number of aromatic nitrogens is 4. The minimum absolute atomic E-state index is 0.0269. The van der Waals surface area contributed by atoms with Crippen LogP contribution in [0.2, 0.25) is 0 Å². The molecule has 296 valence electrons. The maximum atomic E-state index is 11.8. The van der Waals surface area contributed by atoms with Crippen molar-refractivity contribution in [2.75, 3.05) is 46.2 Å². The Labute approximate surface area is 328 Å². The Morgan fingerprint density at radius 1 is 0.860 bits per heavy atom. The minimum atomic E-state index is -0.760. The van der Waals surface area contributed by atoms with Gasteiger partial charge < -0.3 is 38.1 Å². The number of rotatable bonds is 20. The van der Waals surface area contributed by atoms with Crippen molar-refractivity contribution in [3.8, 4) is 5.88 Å². The van der Waals surface area contributed by atoms with Crippen molar-refractivity contribution in [1.82, 2.24) is 24.4 Å². The summed E-state index contributed by atoms with van der Waals surface area (Å²) in [5.41, 5.74) is 12.2. The Hall–Kier alpha value is -5.94. The average molecular weight is 778 g/mol. The van der Waals surface area contributed by atoms with Crippen molar-refractivity contribution in [3.05, 3.63) is 124 Å². The largest absolute Gasteiger partial charge is 0.474 e. The van der Waals surface area contributed by atoms with E-state index >= 15 is 0 Å². The Balaban J connectivity index is 1.16. The van der Waals surface area contributed by atoms with Crippen molar-refractivity contribution >= 4 is 29.4 Å². The summed E-state index contributed by atoms with van der Waals surface area (Å²) in [6.07, 6.45) is 0.111. The second kappa shape index (κ2) is 19.8. The van der Waals surface area contributed by atoms with Crippen molar-refractivity contribution in [2.45, 2.75) is 50.8 Å². The van der Waals surface area contributed by atoms with Crippen LogP contribution in [0, 0.1) is 0 Å². The average Bonchev–Trinajstić information content (AvgIpc) is 3.95. The molecule has 2 aliphatic rings. The maximum Gasteiger partial charge on any atom is 0.302 e. The highest BCUT2D eigenvalue weighted by atomic mass is 16.8. The van der Waals surface area contributed by atoms with Crippen molar-refractivity contribution in [3.63, 3.8) is 0 Å². The van der Waals surface area contributed by atoms with Gasteiger partial charge in [-0.25, -0.2) is 9.98 Å². The summed E-state index contributed by atoms with van der Waals surface area (Å²) in [6, 6.07) is 29.9. The smallest absolute Gasteiger partial charge is 0.302 e. The lowest BCUT2D eigenvalue weighted by molar-refractivity contribution is -0.165. The molecule has 0 amide bonds. The third kappa shape index (κ3) is 10.5. The predicted molar refractivity (Wildman–Crippen MR) is 206 cm³/mol. The number of fused-ring (bicyclic) bond motifs is 2. The fraction of sp³-hybridized carbons (Fsp3) is 0.375. The monoisotopic (exact) mass is 777 g/mol. The van der Waals surface area contributed by atoms with Crippen molar-refractivity contribution in [1.29, 1.82) is 0 Å². The zero-order chi connectivity index (χ0) is 39.2. The minimum Gasteiger partial charge on any atom is -0.474 e. The summed E-state index contributed by atoms with van der Waals surface area (Å²) in [6.45, 7) is 4.13. The molecular weight excluding hydrogens is 734 g/mol. The van der Waals surface area contributed by atoms with Gasteiger partial charge in [-0.2, -0.15) is 9.97 Å². The van der Waals surface area contributed by atoms with Crippen LogP contribution in [-0.2, 0) is 46.3 Å². The highest BCUT2D eigenvalue weighted by Gasteiger charge is 2.54. The van der Waals surface area contributed by atoms with E-state index in [1.165, 1.54) is 6.92 Å². The molecule has 0 radical (unpaired) electrons. The number of ether oxygens (including phenoxy) is 7. The number of benzene rings is 3. The van der Waals surface area contributed by atoms with E-state index in [0.717, 1.165) is 16.7 Å². The van der Waals surface area contributed by atoms with Gasteiger partial charge in [0.25, 0.3) is 5.95 Å². The van der Waals surface area contributed by atoms with Crippen LogP contribution in [0.1, 0.15) is 36.1 Å². The third-order valence-corrected chi connectivity index (χ3v) is 9.05. The summed E-state index contributed by atoms with van der Waals surface area (Å²) in [5, 5.41) is 3.44. The SMILES string of the molecule is CC(=O)OC[C@H]1O[C@@H](n2cnc3c(OCCOCCOCCN=[N+]=[N-])nc(/N=C/N(Cc4ccccc4)Cc4ccccc4)nc32)[C@@H]2OC(c3ccccc3)O[C@@H]21. The summed E-state index contributed by atoms with van der Waals surface area (Å²) in [7, 11) is 0. The number of hydrogen-bond acceptors (Lipinski definition) is 13. The number of nitrogens with zero attached hydrogens (tertiary/aromatic N) is 9. The van der Waals surface area contributed by atoms with Gasteiger partial charge in [0.05, 0.1) is 39.1 Å². The Kier molecular flexibility index (Phi) is 13.6. The van der Waals surface area contributed by atoms with Crippen LogP contribution in [0.15, 0.2) is 107 Å². The Bertz CT molecular complexity index is 2080. The lowest BCUT2D eigenvalue weighted by Crippen LogP contribution is -2.32. The van der Waals surface area contributed by atoms with E-state index in [-0.39, 0.29) is 38.2 Å². The van der Waals surface area contributed by atoms with Gasteiger partial charge in [0.1, 0.15) is 31.5 Å². The number of carbonyl (C=O) groups excluding carboxylic acids is 1. The second-order valence-corrected chi connectivity index (χ2v) is 13.1. The molecule has 0 bridgehead atoms. The molecule has 4 heterocycles. The van der Waals surface area contributed by atoms with Crippen LogP contribution in [0.5, 0.6) is 5.88 Å². The van der Waals surface area contributed by atoms with Crippen LogP contribution >= 0.6 is 0 Å². The molecule has 0 spiro atoms. The molecule has 1 unspecified atom stereocenters. The van der Waals surface area contributed by atoms with E-state index in [0.29, 0.717) is 44.1 Å². The molecule has 2 saturated heterocycles. The Morgan fingerprint density at radius 2 is 1.51 bits per heavy atom. The van der Waals surface area contributed by atoms with Gasteiger partial charge in [-0.15, -0.1) is 0 Å². The molecule has 17 nitrogen and oxygen atoms in total. The van der Waals surface area contributed by atoms with Crippen LogP contribution in [-0.4, -0.2) is 101 Å². The summed E-state index contributed by atoms with van der Waals surface area (Å²) in [5.74, 6) is -0.0938. The zero-order valence-electron chi connectivity index (χ0n) is 31.4. The molecule has 2 fully saturated rings. The van der Waals surface area contributed by atoms with Crippen LogP contribution in [0.4, 0.5) is 5.95 Å². The molecule has 5 atom stereocenters. The lowest BCUT2D eigenvalue weighted by atomic mass is 10.1. The normalized spacial score (nSPS) is 20.1. The number of aliphatic imine (C=N–C) groups is 1. The van der Waals surface area contributed by atoms with Gasteiger partial charge in [0.2, 0.25) is 5.88 Å². The first kappa shape index (κ1) is 39.3. The van der Waals surface area contributed by atoms with E-state index in [2.05, 4.69) is 49.2 Å². The summed E-state index contributed by atoms with van der Waals surface area (Å²) < 4.78 is 43.7. The molecule has 57 heavy (non-hydrogen) atoms. The number of carbonyl (C=O) groups is 1. The molecule has 3 aromatic carbocycles. The number of imidazole rings is 1. The Morgan fingerprint density at radius 3 is 2.19 bits per heavy atom. The first-order valence-corrected chi connectivity index (χ1v) is 18.6. The molecule has 0 aliphatic carbocycles.